The lowest BCUT2D eigenvalue weighted by molar-refractivity contribution is 0.255. The topological polar surface area (TPSA) is 48.2 Å². The van der Waals surface area contributed by atoms with Gasteiger partial charge in [-0.3, -0.25) is 0 Å². The molecular formula is C7H6N2O2S. The first-order chi connectivity index (χ1) is 5.95. The molecule has 0 aliphatic heterocycles. The van der Waals surface area contributed by atoms with Crippen LogP contribution in [0.1, 0.15) is 5.89 Å². The van der Waals surface area contributed by atoms with E-state index in [1.807, 2.05) is 5.38 Å². The van der Waals surface area contributed by atoms with Crippen LogP contribution in [0.5, 0.6) is 5.88 Å². The highest BCUT2D eigenvalue weighted by molar-refractivity contribution is 7.07. The molecule has 0 fully saturated rings. The van der Waals surface area contributed by atoms with Crippen LogP contribution in [0.3, 0.4) is 0 Å². The van der Waals surface area contributed by atoms with Crippen LogP contribution in [-0.2, 0) is 6.61 Å². The Morgan fingerprint density at radius 3 is 3.17 bits per heavy atom. The molecule has 5 heteroatoms. The second-order valence-corrected chi connectivity index (χ2v) is 2.76. The highest BCUT2D eigenvalue weighted by Gasteiger charge is 1.99. The second-order valence-electron chi connectivity index (χ2n) is 2.04. The number of aromatic nitrogens is 2. The van der Waals surface area contributed by atoms with Crippen LogP contribution in [0.4, 0.5) is 0 Å². The monoisotopic (exact) mass is 182 g/mol. The zero-order chi connectivity index (χ0) is 8.23. The molecule has 0 saturated heterocycles. The molecule has 0 amide bonds. The summed E-state index contributed by atoms with van der Waals surface area (Å²) in [6.45, 7) is 0.330. The highest BCUT2D eigenvalue weighted by Crippen LogP contribution is 2.11. The van der Waals surface area contributed by atoms with Gasteiger partial charge in [-0.2, -0.15) is 0 Å². The van der Waals surface area contributed by atoms with Crippen LogP contribution in [-0.4, -0.2) is 9.97 Å². The van der Waals surface area contributed by atoms with E-state index in [-0.39, 0.29) is 0 Å². The van der Waals surface area contributed by atoms with E-state index in [9.17, 15) is 0 Å². The van der Waals surface area contributed by atoms with E-state index in [2.05, 4.69) is 9.97 Å². The van der Waals surface area contributed by atoms with Gasteiger partial charge in [0, 0.05) is 0 Å². The standard InChI is InChI=1S/C7H6N2O2S/c1-2-10-6(8-1)3-11-7-4-12-5-9-7/h1-2,4-5H,3H2. The number of rotatable bonds is 3. The van der Waals surface area contributed by atoms with Gasteiger partial charge in [-0.25, -0.2) is 9.97 Å². The van der Waals surface area contributed by atoms with E-state index >= 15 is 0 Å². The largest absolute Gasteiger partial charge is 0.467 e. The molecule has 0 saturated carbocycles. The summed E-state index contributed by atoms with van der Waals surface area (Å²) in [6, 6.07) is 0. The lowest BCUT2D eigenvalue weighted by Crippen LogP contribution is -1.94. The molecular weight excluding hydrogens is 176 g/mol. The number of hydrogen-bond acceptors (Lipinski definition) is 5. The summed E-state index contributed by atoms with van der Waals surface area (Å²) in [6.07, 6.45) is 3.10. The van der Waals surface area contributed by atoms with E-state index in [1.165, 1.54) is 17.6 Å². The Labute approximate surface area is 72.8 Å². The zero-order valence-electron chi connectivity index (χ0n) is 6.14. The van der Waals surface area contributed by atoms with Crippen molar-refractivity contribution in [3.63, 3.8) is 0 Å². The number of ether oxygens (including phenoxy) is 1. The number of oxazole rings is 1. The number of hydrogen-bond donors (Lipinski definition) is 0. The molecule has 0 spiro atoms. The normalized spacial score (nSPS) is 10.0. The molecule has 0 aliphatic carbocycles. The minimum absolute atomic E-state index is 0.330. The first-order valence-corrected chi connectivity index (χ1v) is 4.29. The van der Waals surface area contributed by atoms with E-state index in [0.29, 0.717) is 18.4 Å². The minimum atomic E-state index is 0.330. The van der Waals surface area contributed by atoms with Crippen molar-refractivity contribution in [2.75, 3.05) is 0 Å². The lowest BCUT2D eigenvalue weighted by atomic mass is 10.7. The van der Waals surface area contributed by atoms with Crippen molar-refractivity contribution in [1.29, 1.82) is 0 Å². The molecule has 0 atom stereocenters. The molecule has 2 rings (SSSR count). The Morgan fingerprint density at radius 2 is 2.50 bits per heavy atom. The Morgan fingerprint density at radius 1 is 1.50 bits per heavy atom. The average molecular weight is 182 g/mol. The van der Waals surface area contributed by atoms with Crippen molar-refractivity contribution in [3.05, 3.63) is 29.2 Å². The number of nitrogens with zero attached hydrogens (tertiary/aromatic N) is 2. The SMILES string of the molecule is c1coc(COc2cscn2)n1. The molecule has 4 nitrogen and oxygen atoms in total. The lowest BCUT2D eigenvalue weighted by Gasteiger charge is -1.96. The maximum atomic E-state index is 5.23. The fourth-order valence-electron chi connectivity index (χ4n) is 0.733. The van der Waals surface area contributed by atoms with E-state index in [1.54, 1.807) is 11.7 Å². The first kappa shape index (κ1) is 7.30. The second kappa shape index (κ2) is 3.36. The van der Waals surface area contributed by atoms with Crippen LogP contribution < -0.4 is 4.74 Å². The summed E-state index contributed by atoms with van der Waals surface area (Å²) in [5, 5.41) is 1.82. The predicted molar refractivity (Wildman–Crippen MR) is 42.9 cm³/mol. The summed E-state index contributed by atoms with van der Waals surface area (Å²) in [4.78, 5) is 7.84. The summed E-state index contributed by atoms with van der Waals surface area (Å²) >= 11 is 1.49. The molecule has 0 aliphatic rings. The summed E-state index contributed by atoms with van der Waals surface area (Å²) in [5.41, 5.74) is 1.71. The highest BCUT2D eigenvalue weighted by atomic mass is 32.1. The van der Waals surface area contributed by atoms with Crippen molar-refractivity contribution in [2.45, 2.75) is 6.61 Å². The first-order valence-electron chi connectivity index (χ1n) is 3.34. The third-order valence-electron chi connectivity index (χ3n) is 1.24. The molecule has 0 N–H and O–H groups in total. The molecule has 62 valence electrons. The van der Waals surface area contributed by atoms with Crippen LogP contribution in [0.25, 0.3) is 0 Å². The fraction of sp³-hybridized carbons (Fsp3) is 0.143. The van der Waals surface area contributed by atoms with Gasteiger partial charge in [0.15, 0.2) is 6.61 Å². The molecule has 2 aromatic heterocycles. The predicted octanol–water partition coefficient (Wildman–Crippen LogP) is 1.71. The quantitative estimate of drug-likeness (QED) is 0.725. The van der Waals surface area contributed by atoms with Gasteiger partial charge < -0.3 is 9.15 Å². The molecule has 2 heterocycles. The van der Waals surface area contributed by atoms with Crippen LogP contribution in [0, 0.1) is 0 Å². The van der Waals surface area contributed by atoms with Gasteiger partial charge in [0.1, 0.15) is 6.26 Å². The molecule has 0 unspecified atom stereocenters. The molecule has 0 aromatic carbocycles. The maximum Gasteiger partial charge on any atom is 0.232 e. The van der Waals surface area contributed by atoms with Gasteiger partial charge in [-0.1, -0.05) is 0 Å². The molecule has 0 radical (unpaired) electrons. The maximum absolute atomic E-state index is 5.23. The van der Waals surface area contributed by atoms with Crippen molar-refractivity contribution >= 4 is 11.3 Å². The van der Waals surface area contributed by atoms with Gasteiger partial charge in [0.05, 0.1) is 17.1 Å². The van der Waals surface area contributed by atoms with E-state index < -0.39 is 0 Å². The third-order valence-corrected chi connectivity index (χ3v) is 1.80. The van der Waals surface area contributed by atoms with Crippen molar-refractivity contribution in [2.24, 2.45) is 0 Å². The smallest absolute Gasteiger partial charge is 0.232 e. The molecule has 12 heavy (non-hydrogen) atoms. The van der Waals surface area contributed by atoms with Crippen LogP contribution in [0.2, 0.25) is 0 Å². The van der Waals surface area contributed by atoms with Gasteiger partial charge in [-0.05, 0) is 0 Å². The Kier molecular flexibility index (Phi) is 2.04. The van der Waals surface area contributed by atoms with Crippen LogP contribution >= 0.6 is 11.3 Å². The van der Waals surface area contributed by atoms with Crippen molar-refractivity contribution in [1.82, 2.24) is 9.97 Å². The Bertz CT molecular complexity index is 283. The molecule has 2 aromatic rings. The Hall–Kier alpha value is -1.36. The summed E-state index contributed by atoms with van der Waals surface area (Å²) in [7, 11) is 0. The van der Waals surface area contributed by atoms with Crippen molar-refractivity contribution in [3.8, 4) is 5.88 Å². The molecule has 0 bridgehead atoms. The van der Waals surface area contributed by atoms with Gasteiger partial charge in [-0.15, -0.1) is 11.3 Å². The third kappa shape index (κ3) is 1.62. The average Bonchev–Trinajstić information content (AvgIpc) is 2.74. The van der Waals surface area contributed by atoms with Crippen LogP contribution in [0.15, 0.2) is 27.8 Å². The van der Waals surface area contributed by atoms with Gasteiger partial charge in [0.2, 0.25) is 11.8 Å². The number of thiazole rings is 1. The van der Waals surface area contributed by atoms with E-state index in [4.69, 9.17) is 9.15 Å². The zero-order valence-corrected chi connectivity index (χ0v) is 6.95. The minimum Gasteiger partial charge on any atom is -0.467 e. The summed E-state index contributed by atoms with van der Waals surface area (Å²) in [5.74, 6) is 1.17. The van der Waals surface area contributed by atoms with Gasteiger partial charge >= 0.3 is 0 Å². The van der Waals surface area contributed by atoms with Crippen molar-refractivity contribution < 1.29 is 9.15 Å². The van der Waals surface area contributed by atoms with E-state index in [0.717, 1.165) is 0 Å². The van der Waals surface area contributed by atoms with Gasteiger partial charge in [0.25, 0.3) is 0 Å². The Balaban J connectivity index is 1.91. The fourth-order valence-corrected chi connectivity index (χ4v) is 1.20. The summed E-state index contributed by atoms with van der Waals surface area (Å²) < 4.78 is 10.2.